The van der Waals surface area contributed by atoms with Crippen LogP contribution in [0.25, 0.3) is 11.3 Å². The first-order chi connectivity index (χ1) is 13.2. The van der Waals surface area contributed by atoms with Crippen LogP contribution in [0.15, 0.2) is 60.7 Å². The van der Waals surface area contributed by atoms with Crippen molar-refractivity contribution in [2.45, 2.75) is 20.1 Å². The smallest absolute Gasteiger partial charge is 0.152 e. The van der Waals surface area contributed by atoms with Crippen LogP contribution in [0.5, 0.6) is 5.75 Å². The molecule has 0 bridgehead atoms. The Morgan fingerprint density at radius 3 is 2.81 bits per heavy atom. The van der Waals surface area contributed by atoms with Gasteiger partial charge in [0.25, 0.3) is 0 Å². The number of aromatic nitrogens is 4. The molecule has 0 atom stereocenters. The highest BCUT2D eigenvalue weighted by Gasteiger charge is 2.17. The maximum absolute atomic E-state index is 6.08. The minimum atomic E-state index is 0. The van der Waals surface area contributed by atoms with Crippen molar-refractivity contribution >= 4 is 11.5 Å². The van der Waals surface area contributed by atoms with Gasteiger partial charge in [-0.05, 0) is 19.1 Å². The van der Waals surface area contributed by atoms with E-state index in [1.807, 2.05) is 48.0 Å². The van der Waals surface area contributed by atoms with E-state index in [2.05, 4.69) is 39.8 Å². The molecule has 0 radical (unpaired) electrons. The fourth-order valence-corrected chi connectivity index (χ4v) is 3.30. The lowest BCUT2D eigenvalue weighted by molar-refractivity contribution is 0.302. The van der Waals surface area contributed by atoms with Gasteiger partial charge in [0.2, 0.25) is 0 Å². The Morgan fingerprint density at radius 2 is 2.00 bits per heavy atom. The Labute approximate surface area is 159 Å². The number of anilines is 2. The number of benzene rings is 2. The van der Waals surface area contributed by atoms with Gasteiger partial charge in [-0.25, -0.2) is 0 Å². The first kappa shape index (κ1) is 15.7. The average molecular weight is 361 g/mol. The molecule has 0 saturated heterocycles. The second-order valence-electron chi connectivity index (χ2n) is 6.72. The maximum Gasteiger partial charge on any atom is 0.152 e. The van der Waals surface area contributed by atoms with Gasteiger partial charge >= 0.3 is 0 Å². The minimum Gasteiger partial charge on any atom is -0.487 e. The molecule has 2 aromatic heterocycles. The third-order valence-corrected chi connectivity index (χ3v) is 4.67. The maximum atomic E-state index is 6.08. The van der Waals surface area contributed by atoms with E-state index in [0.717, 1.165) is 45.5 Å². The van der Waals surface area contributed by atoms with E-state index < -0.39 is 0 Å². The summed E-state index contributed by atoms with van der Waals surface area (Å²) in [6, 6.07) is 20.4. The van der Waals surface area contributed by atoms with Gasteiger partial charge in [0.05, 0.1) is 17.9 Å². The van der Waals surface area contributed by atoms with E-state index in [1.54, 1.807) is 0 Å². The van der Waals surface area contributed by atoms with Gasteiger partial charge in [0.15, 0.2) is 5.82 Å². The molecule has 4 aromatic rings. The van der Waals surface area contributed by atoms with Crippen LogP contribution in [0.2, 0.25) is 0 Å². The van der Waals surface area contributed by atoms with Crippen LogP contribution in [0.3, 0.4) is 0 Å². The zero-order valence-electron chi connectivity index (χ0n) is 14.9. The summed E-state index contributed by atoms with van der Waals surface area (Å²) in [4.78, 5) is 0. The number of fused-ring (bicyclic) bond motifs is 2. The topological polar surface area (TPSA) is 67.8 Å². The first-order valence-corrected chi connectivity index (χ1v) is 8.91. The number of aryl methyl sites for hydroxylation is 1. The van der Waals surface area contributed by atoms with Gasteiger partial charge in [-0.2, -0.15) is 10.2 Å². The highest BCUT2D eigenvalue weighted by atomic mass is 16.5. The predicted molar refractivity (Wildman–Crippen MR) is 108 cm³/mol. The molecule has 6 heteroatoms. The summed E-state index contributed by atoms with van der Waals surface area (Å²) >= 11 is 0. The van der Waals surface area contributed by atoms with Gasteiger partial charge in [-0.3, -0.25) is 9.78 Å². The molecule has 2 N–H and O–H groups in total. The van der Waals surface area contributed by atoms with Gasteiger partial charge in [-0.15, -0.1) is 0 Å². The highest BCUT2D eigenvalue weighted by Crippen LogP contribution is 2.30. The zero-order valence-corrected chi connectivity index (χ0v) is 14.9. The van der Waals surface area contributed by atoms with E-state index >= 15 is 0 Å². The predicted octanol–water partition coefficient (Wildman–Crippen LogP) is 4.76. The van der Waals surface area contributed by atoms with E-state index in [4.69, 9.17) is 9.84 Å². The largest absolute Gasteiger partial charge is 0.487 e. The van der Waals surface area contributed by atoms with E-state index in [0.29, 0.717) is 13.2 Å². The van der Waals surface area contributed by atoms with E-state index in [1.165, 1.54) is 0 Å². The number of hydrogen-bond donors (Lipinski definition) is 2. The molecular weight excluding hydrogens is 338 g/mol. The molecule has 0 spiro atoms. The van der Waals surface area contributed by atoms with E-state index in [9.17, 15) is 0 Å². The first-order valence-electron chi connectivity index (χ1n) is 8.91. The van der Waals surface area contributed by atoms with Gasteiger partial charge in [0, 0.05) is 37.5 Å². The standard InChI is InChI=1S/C21H19N5O.2H2/c1-14-9-21(24-23-14)22-17-8-7-16-12-26-18(13-27-20(16)10-17)11-19(25-26)15-5-3-2-4-6-15;;/h2-11H,12-13H2,1H3,(H2,22,23,24);2*1H. The number of hydrogen-bond acceptors (Lipinski definition) is 4. The number of aromatic amines is 1. The van der Waals surface area contributed by atoms with Crippen LogP contribution in [0.4, 0.5) is 11.5 Å². The molecule has 6 nitrogen and oxygen atoms in total. The van der Waals surface area contributed by atoms with Crippen LogP contribution in [0, 0.1) is 6.92 Å². The number of rotatable bonds is 3. The fourth-order valence-electron chi connectivity index (χ4n) is 3.30. The van der Waals surface area contributed by atoms with Crippen LogP contribution < -0.4 is 10.1 Å². The Hall–Kier alpha value is -3.54. The summed E-state index contributed by atoms with van der Waals surface area (Å²) in [6.45, 7) is 3.17. The van der Waals surface area contributed by atoms with Crippen LogP contribution in [0.1, 0.15) is 19.8 Å². The second-order valence-corrected chi connectivity index (χ2v) is 6.72. The van der Waals surface area contributed by atoms with Crippen molar-refractivity contribution in [2.24, 2.45) is 0 Å². The number of nitrogens with zero attached hydrogens (tertiary/aromatic N) is 3. The lowest BCUT2D eigenvalue weighted by Crippen LogP contribution is -2.03. The molecule has 0 aliphatic carbocycles. The lowest BCUT2D eigenvalue weighted by atomic mass is 10.1. The van der Waals surface area contributed by atoms with Crippen molar-refractivity contribution in [2.75, 3.05) is 5.32 Å². The monoisotopic (exact) mass is 361 g/mol. The third-order valence-electron chi connectivity index (χ3n) is 4.67. The average Bonchev–Trinajstić information content (AvgIpc) is 3.24. The van der Waals surface area contributed by atoms with Crippen LogP contribution in [-0.2, 0) is 13.2 Å². The number of nitrogens with one attached hydrogen (secondary N) is 2. The molecule has 1 aliphatic heterocycles. The van der Waals surface area contributed by atoms with Crippen molar-refractivity contribution in [3.8, 4) is 17.0 Å². The molecule has 0 unspecified atom stereocenters. The zero-order chi connectivity index (χ0) is 18.2. The third kappa shape index (κ3) is 3.06. The van der Waals surface area contributed by atoms with E-state index in [-0.39, 0.29) is 2.85 Å². The number of H-pyrrole nitrogens is 1. The summed E-state index contributed by atoms with van der Waals surface area (Å²) in [5.74, 6) is 1.67. The summed E-state index contributed by atoms with van der Waals surface area (Å²) in [7, 11) is 0. The fraction of sp³-hybridized carbons (Fsp3) is 0.143. The molecular formula is C21H23N5O. The van der Waals surface area contributed by atoms with Crippen LogP contribution >= 0.6 is 0 Å². The minimum absolute atomic E-state index is 0. The van der Waals surface area contributed by atoms with Crippen molar-refractivity contribution in [1.82, 2.24) is 20.0 Å². The molecule has 0 fully saturated rings. The lowest BCUT2D eigenvalue weighted by Gasteiger charge is -2.10. The van der Waals surface area contributed by atoms with Gasteiger partial charge in [-0.1, -0.05) is 36.4 Å². The van der Waals surface area contributed by atoms with Gasteiger partial charge in [0.1, 0.15) is 12.4 Å². The molecule has 5 rings (SSSR count). The summed E-state index contributed by atoms with van der Waals surface area (Å²) in [5.41, 5.74) is 6.24. The molecule has 2 aromatic carbocycles. The molecule has 0 amide bonds. The Morgan fingerprint density at radius 1 is 1.11 bits per heavy atom. The second kappa shape index (κ2) is 6.32. The summed E-state index contributed by atoms with van der Waals surface area (Å²) in [5, 5.41) is 15.2. The Kier molecular flexibility index (Phi) is 3.67. The van der Waals surface area contributed by atoms with Gasteiger partial charge < -0.3 is 10.1 Å². The quantitative estimate of drug-likeness (QED) is 0.552. The molecule has 27 heavy (non-hydrogen) atoms. The highest BCUT2D eigenvalue weighted by molar-refractivity contribution is 5.61. The normalized spacial score (nSPS) is 12.6. The van der Waals surface area contributed by atoms with Crippen molar-refractivity contribution in [3.05, 3.63) is 77.6 Å². The molecule has 138 valence electrons. The summed E-state index contributed by atoms with van der Waals surface area (Å²) < 4.78 is 8.10. The molecule has 1 aliphatic rings. The van der Waals surface area contributed by atoms with Crippen molar-refractivity contribution < 1.29 is 7.59 Å². The Bertz CT molecular complexity index is 1110. The van der Waals surface area contributed by atoms with Crippen molar-refractivity contribution in [3.63, 3.8) is 0 Å². The SMILES string of the molecule is Cc1cc(Nc2ccc3c(c2)OCc2cc(-c4ccccc4)nn2C3)n[nH]1.[HH].[HH]. The molecule has 0 saturated carbocycles. The van der Waals surface area contributed by atoms with Crippen molar-refractivity contribution in [1.29, 1.82) is 0 Å². The number of ether oxygens (including phenoxy) is 1. The Balaban J connectivity index is 0.00000120. The van der Waals surface area contributed by atoms with Crippen LogP contribution in [-0.4, -0.2) is 20.0 Å². The molecule has 3 heterocycles. The summed E-state index contributed by atoms with van der Waals surface area (Å²) in [6.07, 6.45) is 0.